The Balaban J connectivity index is 2.63. The first-order chi connectivity index (χ1) is 6.68. The van der Waals surface area contributed by atoms with Gasteiger partial charge in [-0.25, -0.2) is 9.97 Å². The minimum absolute atomic E-state index is 0.108. The molecule has 4 nitrogen and oxygen atoms in total. The van der Waals surface area contributed by atoms with Gasteiger partial charge in [0.1, 0.15) is 0 Å². The Hall–Kier alpha value is -0.760. The van der Waals surface area contributed by atoms with Crippen molar-refractivity contribution in [2.45, 2.75) is 6.92 Å². The van der Waals surface area contributed by atoms with Gasteiger partial charge in [0.15, 0.2) is 10.8 Å². The van der Waals surface area contributed by atoms with Crippen LogP contribution < -0.4 is 5.56 Å². The lowest BCUT2D eigenvalue weighted by Crippen LogP contribution is -2.14. The van der Waals surface area contributed by atoms with Crippen molar-refractivity contribution in [1.29, 1.82) is 0 Å². The molecule has 0 atom stereocenters. The number of H-pyrrole nitrogens is 1. The SMILES string of the molecule is Cc1nc(-c2nccs2)[nH]c(=O)c1I. The Bertz CT molecular complexity index is 506. The van der Waals surface area contributed by atoms with Crippen molar-refractivity contribution in [2.75, 3.05) is 0 Å². The minimum Gasteiger partial charge on any atom is -0.304 e. The summed E-state index contributed by atoms with van der Waals surface area (Å²) in [5.41, 5.74) is 0.628. The molecule has 0 spiro atoms. The highest BCUT2D eigenvalue weighted by molar-refractivity contribution is 14.1. The number of hydrogen-bond acceptors (Lipinski definition) is 4. The van der Waals surface area contributed by atoms with Crippen molar-refractivity contribution >= 4 is 33.9 Å². The van der Waals surface area contributed by atoms with Gasteiger partial charge in [0.2, 0.25) is 0 Å². The number of halogens is 1. The average molecular weight is 319 g/mol. The third-order valence-corrected chi connectivity index (χ3v) is 3.71. The second kappa shape index (κ2) is 3.77. The molecule has 2 aromatic heterocycles. The first-order valence-corrected chi connectivity index (χ1v) is 5.80. The fourth-order valence-electron chi connectivity index (χ4n) is 1.01. The summed E-state index contributed by atoms with van der Waals surface area (Å²) in [5, 5.41) is 2.59. The number of rotatable bonds is 1. The van der Waals surface area contributed by atoms with Crippen LogP contribution in [0.15, 0.2) is 16.4 Å². The van der Waals surface area contributed by atoms with Gasteiger partial charge < -0.3 is 4.98 Å². The van der Waals surface area contributed by atoms with Crippen LogP contribution in [0.2, 0.25) is 0 Å². The van der Waals surface area contributed by atoms with Crippen LogP contribution >= 0.6 is 33.9 Å². The van der Waals surface area contributed by atoms with E-state index in [1.54, 1.807) is 6.20 Å². The van der Waals surface area contributed by atoms with Crippen LogP contribution in [0, 0.1) is 10.5 Å². The fourth-order valence-corrected chi connectivity index (χ4v) is 1.85. The van der Waals surface area contributed by atoms with Crippen LogP contribution in [-0.2, 0) is 0 Å². The van der Waals surface area contributed by atoms with Gasteiger partial charge in [0.05, 0.1) is 9.26 Å². The van der Waals surface area contributed by atoms with Gasteiger partial charge in [0, 0.05) is 11.6 Å². The zero-order chi connectivity index (χ0) is 10.1. The monoisotopic (exact) mass is 319 g/mol. The standard InChI is InChI=1S/C8H6IN3OS/c1-4-5(9)7(13)12-6(11-4)8-10-2-3-14-8/h2-3H,1H3,(H,11,12,13). The van der Waals surface area contributed by atoms with Crippen molar-refractivity contribution in [3.05, 3.63) is 31.2 Å². The van der Waals surface area contributed by atoms with Gasteiger partial charge in [-0.3, -0.25) is 4.79 Å². The number of aromatic nitrogens is 3. The van der Waals surface area contributed by atoms with Gasteiger partial charge >= 0.3 is 0 Å². The molecule has 2 rings (SSSR count). The Kier molecular flexibility index (Phi) is 2.64. The first kappa shape index (κ1) is 9.78. The number of nitrogens with one attached hydrogen (secondary N) is 1. The lowest BCUT2D eigenvalue weighted by molar-refractivity contribution is 1.05. The molecule has 1 N–H and O–H groups in total. The molecule has 72 valence electrons. The number of hydrogen-bond donors (Lipinski definition) is 1. The third kappa shape index (κ3) is 1.71. The summed E-state index contributed by atoms with van der Waals surface area (Å²) in [4.78, 5) is 22.5. The van der Waals surface area contributed by atoms with E-state index < -0.39 is 0 Å². The maximum atomic E-state index is 11.4. The van der Waals surface area contributed by atoms with Gasteiger partial charge in [0.25, 0.3) is 5.56 Å². The number of nitrogens with zero attached hydrogens (tertiary/aromatic N) is 2. The largest absolute Gasteiger partial charge is 0.304 e. The van der Waals surface area contributed by atoms with E-state index in [0.29, 0.717) is 9.39 Å². The van der Waals surface area contributed by atoms with E-state index in [-0.39, 0.29) is 5.56 Å². The highest BCUT2D eigenvalue weighted by Gasteiger charge is 2.07. The van der Waals surface area contributed by atoms with E-state index in [9.17, 15) is 4.79 Å². The van der Waals surface area contributed by atoms with Gasteiger partial charge in [-0.2, -0.15) is 0 Å². The molecule has 0 aliphatic rings. The van der Waals surface area contributed by atoms with E-state index in [0.717, 1.165) is 10.7 Å². The summed E-state index contributed by atoms with van der Waals surface area (Å²) in [5.74, 6) is 0.544. The highest BCUT2D eigenvalue weighted by atomic mass is 127. The summed E-state index contributed by atoms with van der Waals surface area (Å²) in [7, 11) is 0. The Morgan fingerprint density at radius 2 is 2.36 bits per heavy atom. The molecule has 0 aromatic carbocycles. The second-order valence-electron chi connectivity index (χ2n) is 2.65. The molecule has 2 aromatic rings. The zero-order valence-electron chi connectivity index (χ0n) is 7.24. The molecule has 0 aliphatic carbocycles. The van der Waals surface area contributed by atoms with Crippen molar-refractivity contribution in [3.8, 4) is 10.8 Å². The maximum absolute atomic E-state index is 11.4. The van der Waals surface area contributed by atoms with Gasteiger partial charge in [-0.15, -0.1) is 11.3 Å². The van der Waals surface area contributed by atoms with E-state index in [2.05, 4.69) is 15.0 Å². The maximum Gasteiger partial charge on any atom is 0.264 e. The molecule has 6 heteroatoms. The Morgan fingerprint density at radius 1 is 1.57 bits per heavy atom. The molecule has 0 radical (unpaired) electrons. The van der Waals surface area contributed by atoms with Gasteiger partial charge in [-0.05, 0) is 29.5 Å². The summed E-state index contributed by atoms with van der Waals surface area (Å²) < 4.78 is 0.628. The van der Waals surface area contributed by atoms with E-state index in [1.165, 1.54) is 11.3 Å². The quantitative estimate of drug-likeness (QED) is 0.816. The van der Waals surface area contributed by atoms with Crippen LogP contribution in [0.5, 0.6) is 0 Å². The van der Waals surface area contributed by atoms with Crippen LogP contribution in [0.4, 0.5) is 0 Å². The lowest BCUT2D eigenvalue weighted by atomic mass is 10.4. The molecular formula is C8H6IN3OS. The Labute approximate surface area is 97.6 Å². The molecule has 0 aliphatic heterocycles. The molecule has 0 unspecified atom stereocenters. The van der Waals surface area contributed by atoms with Crippen molar-refractivity contribution in [1.82, 2.24) is 15.0 Å². The third-order valence-electron chi connectivity index (χ3n) is 1.66. The predicted octanol–water partition coefficient (Wildman–Crippen LogP) is 1.81. The van der Waals surface area contributed by atoms with E-state index in [4.69, 9.17) is 0 Å². The normalized spacial score (nSPS) is 10.4. The predicted molar refractivity (Wildman–Crippen MR) is 63.4 cm³/mol. The Morgan fingerprint density at radius 3 is 2.93 bits per heavy atom. The topological polar surface area (TPSA) is 58.6 Å². The minimum atomic E-state index is -0.108. The second-order valence-corrected chi connectivity index (χ2v) is 4.62. The fraction of sp³-hybridized carbons (Fsp3) is 0.125. The molecule has 0 fully saturated rings. The highest BCUT2D eigenvalue weighted by Crippen LogP contribution is 2.17. The van der Waals surface area contributed by atoms with Crippen LogP contribution in [-0.4, -0.2) is 15.0 Å². The van der Waals surface area contributed by atoms with E-state index >= 15 is 0 Å². The summed E-state index contributed by atoms with van der Waals surface area (Å²) in [6.07, 6.45) is 1.69. The van der Waals surface area contributed by atoms with Crippen molar-refractivity contribution < 1.29 is 0 Å². The molecule has 0 saturated carbocycles. The average Bonchev–Trinajstić information content (AvgIpc) is 2.66. The van der Waals surface area contributed by atoms with Gasteiger partial charge in [-0.1, -0.05) is 0 Å². The molecule has 0 saturated heterocycles. The molecular weight excluding hydrogens is 313 g/mol. The lowest BCUT2D eigenvalue weighted by Gasteiger charge is -1.99. The zero-order valence-corrected chi connectivity index (χ0v) is 10.2. The van der Waals surface area contributed by atoms with Crippen LogP contribution in [0.1, 0.15) is 5.69 Å². The van der Waals surface area contributed by atoms with E-state index in [1.807, 2.05) is 34.9 Å². The van der Waals surface area contributed by atoms with Crippen LogP contribution in [0.25, 0.3) is 10.8 Å². The summed E-state index contributed by atoms with van der Waals surface area (Å²) >= 11 is 3.43. The smallest absolute Gasteiger partial charge is 0.264 e. The summed E-state index contributed by atoms with van der Waals surface area (Å²) in [6, 6.07) is 0. The first-order valence-electron chi connectivity index (χ1n) is 3.85. The molecule has 0 bridgehead atoms. The number of aromatic amines is 1. The summed E-state index contributed by atoms with van der Waals surface area (Å²) in [6.45, 7) is 1.81. The molecule has 14 heavy (non-hydrogen) atoms. The van der Waals surface area contributed by atoms with Crippen LogP contribution in [0.3, 0.4) is 0 Å². The van der Waals surface area contributed by atoms with Crippen molar-refractivity contribution in [3.63, 3.8) is 0 Å². The molecule has 2 heterocycles. The molecule has 0 amide bonds. The van der Waals surface area contributed by atoms with Crippen molar-refractivity contribution in [2.24, 2.45) is 0 Å². The number of thiazole rings is 1. The number of aryl methyl sites for hydroxylation is 1.